The highest BCUT2D eigenvalue weighted by atomic mass is 32.2. The molecule has 18 heavy (non-hydrogen) atoms. The smallest absolute Gasteiger partial charge is 0.265 e. The van der Waals surface area contributed by atoms with Gasteiger partial charge in [0.25, 0.3) is 5.91 Å². The van der Waals surface area contributed by atoms with Crippen molar-refractivity contribution in [2.45, 2.75) is 51.4 Å². The lowest BCUT2D eigenvalue weighted by Gasteiger charge is -2.21. The molecule has 0 aromatic rings. The summed E-state index contributed by atoms with van der Waals surface area (Å²) in [4.78, 5) is 11.7. The Morgan fingerprint density at radius 3 is 2.44 bits per heavy atom. The summed E-state index contributed by atoms with van der Waals surface area (Å²) in [5.41, 5.74) is 0. The first-order valence-electron chi connectivity index (χ1n) is 5.58. The quantitative estimate of drug-likeness (QED) is 0.784. The number of amides is 1. The Hall–Kier alpha value is -0.730. The molecule has 6 nitrogen and oxygen atoms in total. The van der Waals surface area contributed by atoms with Gasteiger partial charge in [-0.1, -0.05) is 0 Å². The lowest BCUT2D eigenvalue weighted by Crippen LogP contribution is -2.45. The van der Waals surface area contributed by atoms with E-state index in [1.807, 2.05) is 0 Å². The predicted octanol–water partition coefficient (Wildman–Crippen LogP) is -0.0188. The Bertz CT molecular complexity index is 410. The molecule has 8 heteroatoms. The molecule has 106 valence electrons. The highest BCUT2D eigenvalue weighted by Gasteiger charge is 2.48. The molecule has 1 amide bonds. The van der Waals surface area contributed by atoms with Crippen LogP contribution < -0.4 is 4.72 Å². The summed E-state index contributed by atoms with van der Waals surface area (Å²) < 4.78 is 47.9. The SMILES string of the molecule is CC(C)O[C@H]1[C@@H](F)[C@H](C)O[C@@H]1C(=O)NS(C)(=O)=O. The second-order valence-corrected chi connectivity index (χ2v) is 6.34. The Labute approximate surface area is 106 Å². The van der Waals surface area contributed by atoms with Gasteiger partial charge in [-0.25, -0.2) is 12.8 Å². The van der Waals surface area contributed by atoms with Crippen LogP contribution in [0.3, 0.4) is 0 Å². The number of hydrogen-bond donors (Lipinski definition) is 1. The number of carbonyl (C=O) groups is 1. The molecule has 1 N–H and O–H groups in total. The summed E-state index contributed by atoms with van der Waals surface area (Å²) in [6, 6.07) is 0. The highest BCUT2D eigenvalue weighted by Crippen LogP contribution is 2.27. The minimum atomic E-state index is -3.71. The fraction of sp³-hybridized carbons (Fsp3) is 0.900. The van der Waals surface area contributed by atoms with E-state index in [1.165, 1.54) is 6.92 Å². The molecule has 0 radical (unpaired) electrons. The number of carbonyl (C=O) groups excluding carboxylic acids is 1. The Kier molecular flexibility index (Phi) is 4.68. The van der Waals surface area contributed by atoms with Crippen molar-refractivity contribution in [3.8, 4) is 0 Å². The normalized spacial score (nSPS) is 32.8. The zero-order valence-corrected chi connectivity index (χ0v) is 11.5. The topological polar surface area (TPSA) is 81.7 Å². The number of rotatable bonds is 4. The van der Waals surface area contributed by atoms with Gasteiger partial charge in [-0.2, -0.15) is 0 Å². The van der Waals surface area contributed by atoms with Gasteiger partial charge in [-0.05, 0) is 20.8 Å². The van der Waals surface area contributed by atoms with Crippen LogP contribution in [0.25, 0.3) is 0 Å². The molecule has 1 heterocycles. The fourth-order valence-electron chi connectivity index (χ4n) is 1.73. The van der Waals surface area contributed by atoms with Crippen LogP contribution in [0.2, 0.25) is 0 Å². The summed E-state index contributed by atoms with van der Waals surface area (Å²) in [7, 11) is -3.71. The zero-order chi connectivity index (χ0) is 14.1. The van der Waals surface area contributed by atoms with Gasteiger partial charge < -0.3 is 9.47 Å². The maximum absolute atomic E-state index is 13.8. The van der Waals surface area contributed by atoms with Gasteiger partial charge in [0.05, 0.1) is 18.5 Å². The third-order valence-corrected chi connectivity index (χ3v) is 2.97. The van der Waals surface area contributed by atoms with E-state index in [1.54, 1.807) is 18.6 Å². The number of alkyl halides is 1. The number of ether oxygens (including phenoxy) is 2. The average Bonchev–Trinajstić information content (AvgIpc) is 2.42. The number of halogens is 1. The largest absolute Gasteiger partial charge is 0.369 e. The highest BCUT2D eigenvalue weighted by molar-refractivity contribution is 7.89. The third kappa shape index (κ3) is 3.89. The van der Waals surface area contributed by atoms with Crippen LogP contribution in [0, 0.1) is 0 Å². The lowest BCUT2D eigenvalue weighted by atomic mass is 10.1. The summed E-state index contributed by atoms with van der Waals surface area (Å²) in [6.07, 6.45) is -4.09. The fourth-order valence-corrected chi connectivity index (χ4v) is 2.21. The molecule has 1 fully saturated rings. The Balaban J connectivity index is 2.82. The van der Waals surface area contributed by atoms with E-state index in [0.717, 1.165) is 6.26 Å². The number of hydrogen-bond acceptors (Lipinski definition) is 5. The maximum atomic E-state index is 13.8. The zero-order valence-electron chi connectivity index (χ0n) is 10.7. The van der Waals surface area contributed by atoms with E-state index >= 15 is 0 Å². The van der Waals surface area contributed by atoms with Crippen LogP contribution >= 0.6 is 0 Å². The van der Waals surface area contributed by atoms with Crippen LogP contribution in [-0.4, -0.2) is 51.2 Å². The summed E-state index contributed by atoms with van der Waals surface area (Å²) in [5, 5.41) is 0. The van der Waals surface area contributed by atoms with Crippen molar-refractivity contribution in [3.05, 3.63) is 0 Å². The van der Waals surface area contributed by atoms with Crippen LogP contribution in [0.1, 0.15) is 20.8 Å². The van der Waals surface area contributed by atoms with Gasteiger partial charge in [0.1, 0.15) is 6.10 Å². The molecule has 0 spiro atoms. The van der Waals surface area contributed by atoms with Crippen LogP contribution in [0.5, 0.6) is 0 Å². The average molecular weight is 283 g/mol. The maximum Gasteiger partial charge on any atom is 0.265 e. The second-order valence-electron chi connectivity index (χ2n) is 4.59. The lowest BCUT2D eigenvalue weighted by molar-refractivity contribution is -0.137. The van der Waals surface area contributed by atoms with Crippen molar-refractivity contribution in [1.29, 1.82) is 0 Å². The molecule has 0 aromatic carbocycles. The monoisotopic (exact) mass is 283 g/mol. The standard InChI is InChI=1S/C10H18FNO5S/c1-5(2)16-8-7(11)6(3)17-9(8)10(13)12-18(4,14)15/h5-9H,1-4H3,(H,12,13)/t6-,7-,8-,9-/m0/s1. The van der Waals surface area contributed by atoms with Gasteiger partial charge in [-0.15, -0.1) is 0 Å². The molecule has 1 saturated heterocycles. The molecular weight excluding hydrogens is 265 g/mol. The molecule has 1 aliphatic rings. The van der Waals surface area contributed by atoms with Gasteiger partial charge in [0.2, 0.25) is 10.0 Å². The molecule has 1 rings (SSSR count). The summed E-state index contributed by atoms with van der Waals surface area (Å²) in [6.45, 7) is 4.86. The summed E-state index contributed by atoms with van der Waals surface area (Å²) >= 11 is 0. The van der Waals surface area contributed by atoms with E-state index in [2.05, 4.69) is 0 Å². The second kappa shape index (κ2) is 5.50. The van der Waals surface area contributed by atoms with Gasteiger partial charge in [0.15, 0.2) is 12.3 Å². The Morgan fingerprint density at radius 2 is 2.00 bits per heavy atom. The predicted molar refractivity (Wildman–Crippen MR) is 62.2 cm³/mol. The van der Waals surface area contributed by atoms with Crippen LogP contribution in [0.15, 0.2) is 0 Å². The van der Waals surface area contributed by atoms with E-state index in [9.17, 15) is 17.6 Å². The van der Waals surface area contributed by atoms with Gasteiger partial charge in [-0.3, -0.25) is 9.52 Å². The first kappa shape index (κ1) is 15.3. The Morgan fingerprint density at radius 1 is 1.44 bits per heavy atom. The molecule has 0 saturated carbocycles. The molecule has 4 atom stereocenters. The van der Waals surface area contributed by atoms with Gasteiger partial charge in [0, 0.05) is 0 Å². The van der Waals surface area contributed by atoms with Crippen molar-refractivity contribution in [2.75, 3.05) is 6.26 Å². The number of sulfonamides is 1. The van der Waals surface area contributed by atoms with E-state index in [-0.39, 0.29) is 6.10 Å². The molecule has 0 aliphatic carbocycles. The van der Waals surface area contributed by atoms with E-state index in [0.29, 0.717) is 0 Å². The molecule has 0 bridgehead atoms. The van der Waals surface area contributed by atoms with Crippen LogP contribution in [-0.2, 0) is 24.3 Å². The third-order valence-electron chi connectivity index (χ3n) is 2.40. The van der Waals surface area contributed by atoms with Crippen molar-refractivity contribution in [2.24, 2.45) is 0 Å². The van der Waals surface area contributed by atoms with Gasteiger partial charge >= 0.3 is 0 Å². The van der Waals surface area contributed by atoms with Crippen molar-refractivity contribution in [3.63, 3.8) is 0 Å². The molecule has 1 aliphatic heterocycles. The van der Waals surface area contributed by atoms with Crippen molar-refractivity contribution < 1.29 is 27.1 Å². The molecule has 0 unspecified atom stereocenters. The van der Waals surface area contributed by atoms with E-state index < -0.39 is 40.4 Å². The minimum absolute atomic E-state index is 0.296. The van der Waals surface area contributed by atoms with Crippen molar-refractivity contribution in [1.82, 2.24) is 4.72 Å². The van der Waals surface area contributed by atoms with E-state index in [4.69, 9.17) is 9.47 Å². The molecular formula is C10H18FNO5S. The molecule has 0 aromatic heterocycles. The minimum Gasteiger partial charge on any atom is -0.369 e. The van der Waals surface area contributed by atoms with Crippen LogP contribution in [0.4, 0.5) is 4.39 Å². The first-order chi connectivity index (χ1) is 8.11. The first-order valence-corrected chi connectivity index (χ1v) is 7.47. The van der Waals surface area contributed by atoms with Crippen molar-refractivity contribution >= 4 is 15.9 Å². The summed E-state index contributed by atoms with van der Waals surface area (Å²) in [5.74, 6) is -0.907. The number of nitrogens with one attached hydrogen (secondary N) is 1.